The molecule has 8 heterocycles. The molecule has 17 heteroatoms. The van der Waals surface area contributed by atoms with Gasteiger partial charge >= 0.3 is 0 Å². The maximum Gasteiger partial charge on any atom is 0.208 e. The van der Waals surface area contributed by atoms with Crippen molar-refractivity contribution in [3.05, 3.63) is 113 Å². The molecule has 0 saturated carbocycles. The monoisotopic (exact) mass is 960 g/mol. The molecule has 8 rings (SSSR count). The van der Waals surface area contributed by atoms with Crippen molar-refractivity contribution in [3.8, 4) is 0 Å². The van der Waals surface area contributed by atoms with Crippen LogP contribution in [0.3, 0.4) is 0 Å². The van der Waals surface area contributed by atoms with E-state index in [-0.39, 0.29) is 0 Å². The van der Waals surface area contributed by atoms with Crippen molar-refractivity contribution in [1.82, 2.24) is 57.5 Å². The summed E-state index contributed by atoms with van der Waals surface area (Å²) >= 11 is 16.9. The number of aromatic nitrogens is 12. The van der Waals surface area contributed by atoms with E-state index in [0.29, 0.717) is 5.28 Å². The van der Waals surface area contributed by atoms with Gasteiger partial charge in [0, 0.05) is 74.4 Å². The number of aryl methyl sites for hydroxylation is 3. The Hall–Kier alpha value is -2.81. The minimum atomic E-state index is 0.417. The van der Waals surface area contributed by atoms with Crippen LogP contribution in [0.25, 0.3) is 22.6 Å². The Balaban J connectivity index is 0.000000116. The Morgan fingerprint density at radius 3 is 1.25 bits per heavy atom. The molecule has 0 bridgehead atoms. The second-order valence-corrected chi connectivity index (χ2v) is 13.2. The topological polar surface area (TPSA) is 121 Å². The molecule has 0 atom stereocenters. The van der Waals surface area contributed by atoms with Crippen LogP contribution in [0.1, 0.15) is 17.5 Å². The third kappa shape index (κ3) is 7.19. The third-order valence-corrected chi connectivity index (χ3v) is 8.96. The normalized spacial score (nSPS) is 10.7. The maximum atomic E-state index is 5.76. The molecule has 0 aromatic carbocycles. The molecule has 0 aliphatic heterocycles. The molecule has 0 spiro atoms. The smallest absolute Gasteiger partial charge is 0.208 e. The number of hydrogen-bond donors (Lipinski definition) is 0. The Kier molecular flexibility index (Phi) is 10.8. The number of nitrogens with zero attached hydrogens (tertiary/aromatic N) is 12. The van der Waals surface area contributed by atoms with Crippen molar-refractivity contribution in [1.29, 1.82) is 0 Å². The first-order chi connectivity index (χ1) is 21.2. The molecule has 0 aliphatic carbocycles. The Morgan fingerprint density at radius 2 is 0.841 bits per heavy atom. The van der Waals surface area contributed by atoms with E-state index in [2.05, 4.69) is 117 Å². The van der Waals surface area contributed by atoms with Crippen LogP contribution in [0.2, 0.25) is 5.28 Å². The van der Waals surface area contributed by atoms with Gasteiger partial charge in [0.25, 0.3) is 0 Å². The molecule has 0 amide bonds. The van der Waals surface area contributed by atoms with Crippen LogP contribution in [0.5, 0.6) is 0 Å². The van der Waals surface area contributed by atoms with Crippen molar-refractivity contribution in [2.45, 2.75) is 20.8 Å². The number of hydrogen-bond acceptors (Lipinski definition) is 8. The lowest BCUT2D eigenvalue weighted by Gasteiger charge is -1.98. The third-order valence-electron chi connectivity index (χ3n) is 6.04. The summed E-state index contributed by atoms with van der Waals surface area (Å²) in [5.41, 5.74) is 3.67. The molecular weight excluding hydrogens is 941 g/mol. The summed E-state index contributed by atoms with van der Waals surface area (Å²) < 4.78 is 11.5. The highest BCUT2D eigenvalue weighted by molar-refractivity contribution is 14.1. The van der Waals surface area contributed by atoms with Gasteiger partial charge in [0.15, 0.2) is 22.6 Å². The molecule has 0 saturated heterocycles. The molecule has 224 valence electrons. The van der Waals surface area contributed by atoms with Gasteiger partial charge in [-0.25, -0.2) is 39.9 Å². The molecule has 0 radical (unpaired) electrons. The van der Waals surface area contributed by atoms with Crippen LogP contribution < -0.4 is 0 Å². The molecule has 12 nitrogen and oxygen atoms in total. The quantitative estimate of drug-likeness (QED) is 0.115. The van der Waals surface area contributed by atoms with Gasteiger partial charge in [0.2, 0.25) is 5.28 Å². The average Bonchev–Trinajstić information content (AvgIpc) is 3.84. The largest absolute Gasteiger partial charge is 0.287 e. The van der Waals surface area contributed by atoms with Gasteiger partial charge in [-0.05, 0) is 109 Å². The van der Waals surface area contributed by atoms with Gasteiger partial charge in [-0.3, -0.25) is 17.6 Å². The van der Waals surface area contributed by atoms with E-state index in [1.807, 2.05) is 65.0 Å². The van der Waals surface area contributed by atoms with Crippen molar-refractivity contribution in [2.75, 3.05) is 0 Å². The summed E-state index contributed by atoms with van der Waals surface area (Å²) in [5.74, 6) is 2.89. The molecule has 44 heavy (non-hydrogen) atoms. The minimum absolute atomic E-state index is 0.417. The fourth-order valence-corrected chi connectivity index (χ4v) is 5.95. The summed E-state index contributed by atoms with van der Waals surface area (Å²) in [5, 5.41) is 0.417. The van der Waals surface area contributed by atoms with Crippen LogP contribution in [-0.4, -0.2) is 57.5 Å². The van der Waals surface area contributed by atoms with E-state index in [1.165, 1.54) is 0 Å². The summed E-state index contributed by atoms with van der Waals surface area (Å²) in [6.45, 7) is 5.87. The Labute approximate surface area is 300 Å². The second kappa shape index (κ2) is 14.5. The highest BCUT2D eigenvalue weighted by Crippen LogP contribution is 2.18. The average molecular weight is 963 g/mol. The zero-order valence-electron chi connectivity index (χ0n) is 23.2. The first kappa shape index (κ1) is 32.6. The number of rotatable bonds is 0. The second-order valence-electron chi connectivity index (χ2n) is 8.82. The van der Waals surface area contributed by atoms with Gasteiger partial charge in [-0.1, -0.05) is 0 Å². The van der Waals surface area contributed by atoms with E-state index < -0.39 is 0 Å². The molecule has 8 aromatic heterocycles. The molecule has 0 fully saturated rings. The lowest BCUT2D eigenvalue weighted by Crippen LogP contribution is -1.95. The van der Waals surface area contributed by atoms with Crippen LogP contribution in [0.4, 0.5) is 0 Å². The van der Waals surface area contributed by atoms with Crippen molar-refractivity contribution in [3.63, 3.8) is 0 Å². The first-order valence-electron chi connectivity index (χ1n) is 12.6. The highest BCUT2D eigenvalue weighted by atomic mass is 127. The van der Waals surface area contributed by atoms with Gasteiger partial charge in [-0.15, -0.1) is 0 Å². The molecular formula is C27H21Br2ClI2N12. The van der Waals surface area contributed by atoms with Gasteiger partial charge in [0.05, 0.1) is 16.1 Å². The summed E-state index contributed by atoms with van der Waals surface area (Å²) in [4.78, 5) is 33.1. The lowest BCUT2D eigenvalue weighted by molar-refractivity contribution is 0.980. The minimum Gasteiger partial charge on any atom is -0.287 e. The number of fused-ring (bicyclic) bond motifs is 4. The van der Waals surface area contributed by atoms with Crippen LogP contribution in [-0.2, 0) is 0 Å². The van der Waals surface area contributed by atoms with Crippen molar-refractivity contribution in [2.24, 2.45) is 0 Å². The fraction of sp³-hybridized carbons (Fsp3) is 0.111. The predicted octanol–water partition coefficient (Wildman–Crippen LogP) is 7.23. The van der Waals surface area contributed by atoms with Crippen molar-refractivity contribution < 1.29 is 0 Å². The fourth-order valence-electron chi connectivity index (χ4n) is 3.89. The standard InChI is InChI=1S/C7H6BrN3.2C7H6IN3.C6H3BrClN3/c3*1-5-10-4-6(8)7-9-2-3-11(5)7;7-4-3-10-6(8)11-2-1-9-5(4)11/h3*2-4H,1H3;1-3H. The molecule has 0 N–H and O–H groups in total. The predicted molar refractivity (Wildman–Crippen MR) is 192 cm³/mol. The van der Waals surface area contributed by atoms with Crippen LogP contribution in [0, 0.1) is 27.9 Å². The Morgan fingerprint density at radius 1 is 0.500 bits per heavy atom. The van der Waals surface area contributed by atoms with Gasteiger partial charge in [0.1, 0.15) is 17.5 Å². The number of halogens is 5. The Bertz CT molecular complexity index is 1750. The summed E-state index contributed by atoms with van der Waals surface area (Å²) in [7, 11) is 0. The number of imidazole rings is 4. The lowest BCUT2D eigenvalue weighted by atomic mass is 10.5. The van der Waals surface area contributed by atoms with E-state index in [1.54, 1.807) is 47.8 Å². The van der Waals surface area contributed by atoms with Crippen LogP contribution in [0.15, 0.2) is 83.3 Å². The molecule has 8 aromatic rings. The SMILES string of the molecule is Cc1ncc(Br)c2nccn12.Cc1ncc(I)c2nccn12.Cc1ncc(I)c2nccn12.Clc1ncc(Br)c2nccn12. The summed E-state index contributed by atoms with van der Waals surface area (Å²) in [6, 6.07) is 0. The zero-order chi connectivity index (χ0) is 31.4. The highest BCUT2D eigenvalue weighted by Gasteiger charge is 2.04. The summed E-state index contributed by atoms with van der Waals surface area (Å²) in [6.07, 6.45) is 21.5. The van der Waals surface area contributed by atoms with Gasteiger partial charge in [-0.2, -0.15) is 0 Å². The van der Waals surface area contributed by atoms with Crippen molar-refractivity contribution >= 4 is 111 Å². The van der Waals surface area contributed by atoms with Gasteiger partial charge < -0.3 is 0 Å². The molecule has 0 unspecified atom stereocenters. The molecule has 0 aliphatic rings. The van der Waals surface area contributed by atoms with E-state index >= 15 is 0 Å². The zero-order valence-corrected chi connectivity index (χ0v) is 31.4. The maximum absolute atomic E-state index is 5.76. The first-order valence-corrected chi connectivity index (χ1v) is 16.7. The van der Waals surface area contributed by atoms with E-state index in [9.17, 15) is 0 Å². The van der Waals surface area contributed by atoms with Crippen LogP contribution >= 0.6 is 88.6 Å². The van der Waals surface area contributed by atoms with E-state index in [0.717, 1.165) is 56.1 Å². The van der Waals surface area contributed by atoms with E-state index in [4.69, 9.17) is 11.6 Å².